The average molecular weight is 336 g/mol. The number of rotatable bonds is 14. The first-order valence-corrected chi connectivity index (χ1v) is 8.80. The molecule has 0 aliphatic rings. The molecule has 3 N–H and O–H groups in total. The predicted octanol–water partition coefficient (Wildman–Crippen LogP) is 4.16. The van der Waals surface area contributed by atoms with E-state index < -0.39 is 12.1 Å². The topological polar surface area (TPSA) is 77.8 Å². The van der Waals surface area contributed by atoms with Gasteiger partial charge in [-0.05, 0) is 25.7 Å². The highest BCUT2D eigenvalue weighted by Crippen LogP contribution is 2.05. The molecule has 4 heteroatoms. The van der Waals surface area contributed by atoms with Crippen molar-refractivity contribution in [1.82, 2.24) is 0 Å². The second-order valence-electron chi connectivity index (χ2n) is 5.78. The summed E-state index contributed by atoms with van der Waals surface area (Å²) in [6.45, 7) is 2.15. The van der Waals surface area contributed by atoms with Gasteiger partial charge in [0, 0.05) is 6.42 Å². The van der Waals surface area contributed by atoms with Crippen LogP contribution >= 0.6 is 0 Å². The summed E-state index contributed by atoms with van der Waals surface area (Å²) < 4.78 is 0. The number of allylic oxidation sites excluding steroid dienone is 6. The van der Waals surface area contributed by atoms with Crippen molar-refractivity contribution in [3.05, 3.63) is 48.6 Å². The van der Waals surface area contributed by atoms with E-state index in [-0.39, 0.29) is 12.5 Å². The van der Waals surface area contributed by atoms with Gasteiger partial charge in [0.1, 0.15) is 0 Å². The lowest BCUT2D eigenvalue weighted by atomic mass is 10.1. The molecular weight excluding hydrogens is 304 g/mol. The predicted molar refractivity (Wildman–Crippen MR) is 98.8 cm³/mol. The van der Waals surface area contributed by atoms with E-state index in [0.29, 0.717) is 12.8 Å². The molecule has 2 atom stereocenters. The lowest BCUT2D eigenvalue weighted by Crippen LogP contribution is -2.03. The maximum Gasteiger partial charge on any atom is 0.303 e. The lowest BCUT2D eigenvalue weighted by molar-refractivity contribution is -0.137. The number of aliphatic carboxylic acids is 1. The number of hydrogen-bond donors (Lipinski definition) is 3. The Balaban J connectivity index is 3.76. The third-order valence-corrected chi connectivity index (χ3v) is 3.43. The molecule has 4 nitrogen and oxygen atoms in total. The molecule has 0 aliphatic carbocycles. The first-order valence-electron chi connectivity index (χ1n) is 8.80. The number of hydrogen-bond acceptors (Lipinski definition) is 3. The van der Waals surface area contributed by atoms with Gasteiger partial charge in [-0.15, -0.1) is 0 Å². The standard InChI is InChI=1S/C20H32O4/c1-2-3-9-13-18(21)14-10-7-5-4-6-8-11-15-19(22)16-12-17-20(23)24/h4-6,8,10-11,14-15,18-19,21-22H,2-3,7,9,12-13,16-17H2,1H3,(H,23,24)/t18-,19+/m0/s1. The molecule has 136 valence electrons. The van der Waals surface area contributed by atoms with Crippen molar-refractivity contribution in [2.75, 3.05) is 0 Å². The Labute approximate surface area is 145 Å². The normalized spacial score (nSPS) is 15.1. The summed E-state index contributed by atoms with van der Waals surface area (Å²) in [5.74, 6) is -0.834. The third-order valence-electron chi connectivity index (χ3n) is 3.43. The number of carbonyl (C=O) groups is 1. The van der Waals surface area contributed by atoms with Gasteiger partial charge in [0.05, 0.1) is 12.2 Å². The molecule has 0 bridgehead atoms. The molecule has 0 radical (unpaired) electrons. The molecule has 0 heterocycles. The zero-order valence-electron chi connectivity index (χ0n) is 14.7. The van der Waals surface area contributed by atoms with Gasteiger partial charge >= 0.3 is 5.97 Å². The van der Waals surface area contributed by atoms with Crippen LogP contribution in [0.15, 0.2) is 48.6 Å². The highest BCUT2D eigenvalue weighted by atomic mass is 16.4. The van der Waals surface area contributed by atoms with Crippen molar-refractivity contribution in [2.24, 2.45) is 0 Å². The monoisotopic (exact) mass is 336 g/mol. The maximum absolute atomic E-state index is 10.3. The van der Waals surface area contributed by atoms with Crippen LogP contribution in [-0.4, -0.2) is 33.5 Å². The Morgan fingerprint density at radius 3 is 2.25 bits per heavy atom. The van der Waals surface area contributed by atoms with Gasteiger partial charge < -0.3 is 15.3 Å². The summed E-state index contributed by atoms with van der Waals surface area (Å²) in [7, 11) is 0. The molecule has 0 aromatic heterocycles. The van der Waals surface area contributed by atoms with Crippen molar-refractivity contribution >= 4 is 5.97 Å². The Morgan fingerprint density at radius 2 is 1.54 bits per heavy atom. The van der Waals surface area contributed by atoms with Gasteiger partial charge in [-0.25, -0.2) is 0 Å². The van der Waals surface area contributed by atoms with Gasteiger partial charge in [-0.2, -0.15) is 0 Å². The van der Waals surface area contributed by atoms with Crippen molar-refractivity contribution in [2.45, 2.75) is 70.5 Å². The smallest absolute Gasteiger partial charge is 0.303 e. The van der Waals surface area contributed by atoms with Crippen LogP contribution in [0.2, 0.25) is 0 Å². The fourth-order valence-corrected chi connectivity index (χ4v) is 2.05. The number of aliphatic hydroxyl groups excluding tert-OH is 2. The molecule has 0 amide bonds. The zero-order chi connectivity index (χ0) is 18.0. The highest BCUT2D eigenvalue weighted by molar-refractivity contribution is 5.66. The molecule has 0 aromatic carbocycles. The molecule has 0 aliphatic heterocycles. The fraction of sp³-hybridized carbons (Fsp3) is 0.550. The molecule has 0 aromatic rings. The quantitative estimate of drug-likeness (QED) is 0.253. The van der Waals surface area contributed by atoms with Crippen LogP contribution in [0.3, 0.4) is 0 Å². The van der Waals surface area contributed by atoms with E-state index in [1.165, 1.54) is 6.42 Å². The van der Waals surface area contributed by atoms with Crippen LogP contribution in [0.4, 0.5) is 0 Å². The van der Waals surface area contributed by atoms with E-state index in [4.69, 9.17) is 5.11 Å². The maximum atomic E-state index is 10.3. The summed E-state index contributed by atoms with van der Waals surface area (Å²) in [6.07, 6.45) is 19.9. The average Bonchev–Trinajstić information content (AvgIpc) is 2.53. The fourth-order valence-electron chi connectivity index (χ4n) is 2.05. The second kappa shape index (κ2) is 16.2. The summed E-state index contributed by atoms with van der Waals surface area (Å²) in [5, 5.41) is 27.8. The van der Waals surface area contributed by atoms with E-state index >= 15 is 0 Å². The zero-order valence-corrected chi connectivity index (χ0v) is 14.7. The molecule has 0 fully saturated rings. The summed E-state index contributed by atoms with van der Waals surface area (Å²) in [5.41, 5.74) is 0. The van der Waals surface area contributed by atoms with Gasteiger partial charge in [0.15, 0.2) is 0 Å². The summed E-state index contributed by atoms with van der Waals surface area (Å²) in [6, 6.07) is 0. The lowest BCUT2D eigenvalue weighted by Gasteiger charge is -2.03. The SMILES string of the molecule is CCCCC[C@H](O)C=CCC=CC=CC=C[C@@H](O)CCCC(=O)O. The van der Waals surface area contributed by atoms with Crippen molar-refractivity contribution < 1.29 is 20.1 Å². The van der Waals surface area contributed by atoms with E-state index in [2.05, 4.69) is 6.92 Å². The minimum atomic E-state index is -0.834. The molecule has 24 heavy (non-hydrogen) atoms. The molecule has 0 saturated carbocycles. The van der Waals surface area contributed by atoms with E-state index in [9.17, 15) is 15.0 Å². The first kappa shape index (κ1) is 22.4. The van der Waals surface area contributed by atoms with Crippen LogP contribution in [0.1, 0.15) is 58.3 Å². The molecule has 0 spiro atoms. The van der Waals surface area contributed by atoms with Crippen molar-refractivity contribution in [3.63, 3.8) is 0 Å². The Hall–Kier alpha value is -1.65. The summed E-state index contributed by atoms with van der Waals surface area (Å²) in [4.78, 5) is 10.3. The van der Waals surface area contributed by atoms with Crippen LogP contribution in [0, 0.1) is 0 Å². The number of carboxylic acids is 1. The van der Waals surface area contributed by atoms with E-state index in [1.807, 2.05) is 36.5 Å². The Morgan fingerprint density at radius 1 is 0.875 bits per heavy atom. The first-order chi connectivity index (χ1) is 11.6. The Bertz CT molecular complexity index is 421. The number of carboxylic acid groups (broad SMARTS) is 1. The highest BCUT2D eigenvalue weighted by Gasteiger charge is 2.01. The van der Waals surface area contributed by atoms with Gasteiger partial charge in [0.2, 0.25) is 0 Å². The molecule has 0 saturated heterocycles. The van der Waals surface area contributed by atoms with Crippen LogP contribution in [-0.2, 0) is 4.79 Å². The second-order valence-corrected chi connectivity index (χ2v) is 5.78. The van der Waals surface area contributed by atoms with Crippen molar-refractivity contribution in [3.8, 4) is 0 Å². The molecule has 0 unspecified atom stereocenters. The minimum Gasteiger partial charge on any atom is -0.481 e. The Kier molecular flexibility index (Phi) is 15.1. The molecule has 0 rings (SSSR count). The van der Waals surface area contributed by atoms with Gasteiger partial charge in [-0.1, -0.05) is 74.8 Å². The third kappa shape index (κ3) is 16.7. The number of unbranched alkanes of at least 4 members (excludes halogenated alkanes) is 2. The summed E-state index contributed by atoms with van der Waals surface area (Å²) >= 11 is 0. The minimum absolute atomic E-state index is 0.0876. The van der Waals surface area contributed by atoms with Crippen LogP contribution < -0.4 is 0 Å². The van der Waals surface area contributed by atoms with E-state index in [0.717, 1.165) is 25.7 Å². The van der Waals surface area contributed by atoms with Crippen molar-refractivity contribution in [1.29, 1.82) is 0 Å². The van der Waals surface area contributed by atoms with Gasteiger partial charge in [-0.3, -0.25) is 4.79 Å². The largest absolute Gasteiger partial charge is 0.481 e. The van der Waals surface area contributed by atoms with Crippen LogP contribution in [0.25, 0.3) is 0 Å². The van der Waals surface area contributed by atoms with Gasteiger partial charge in [0.25, 0.3) is 0 Å². The van der Waals surface area contributed by atoms with Crippen LogP contribution in [0.5, 0.6) is 0 Å². The molecular formula is C20H32O4. The number of aliphatic hydroxyl groups is 2. The van der Waals surface area contributed by atoms with E-state index in [1.54, 1.807) is 12.2 Å².